The van der Waals surface area contributed by atoms with Crippen molar-refractivity contribution in [3.8, 4) is 0 Å². The van der Waals surface area contributed by atoms with Crippen LogP contribution in [0.1, 0.15) is 16.6 Å². The smallest absolute Gasteiger partial charge is 0.264 e. The zero-order valence-electron chi connectivity index (χ0n) is 13.6. The normalized spacial score (nSPS) is 16.1. The molecule has 0 unspecified atom stereocenters. The summed E-state index contributed by atoms with van der Waals surface area (Å²) in [5.41, 5.74) is 0.690. The van der Waals surface area contributed by atoms with Crippen molar-refractivity contribution in [1.29, 1.82) is 0 Å². The first-order valence-corrected chi connectivity index (χ1v) is 9.16. The number of hydrogen-bond acceptors (Lipinski definition) is 3. The van der Waals surface area contributed by atoms with E-state index in [9.17, 15) is 9.59 Å². The number of aromatic amines is 1. The largest absolute Gasteiger partial charge is 0.332 e. The highest BCUT2D eigenvalue weighted by Gasteiger charge is 2.25. The number of rotatable bonds is 2. The van der Waals surface area contributed by atoms with Crippen LogP contribution in [0.2, 0.25) is 0 Å². The van der Waals surface area contributed by atoms with Crippen LogP contribution in [0.4, 0.5) is 0 Å². The lowest BCUT2D eigenvalue weighted by atomic mass is 10.2. The van der Waals surface area contributed by atoms with E-state index in [2.05, 4.69) is 11.9 Å². The summed E-state index contributed by atoms with van der Waals surface area (Å²) < 4.78 is 0.899. The van der Waals surface area contributed by atoms with Crippen LogP contribution in [0.3, 0.4) is 0 Å². The van der Waals surface area contributed by atoms with E-state index < -0.39 is 0 Å². The lowest BCUT2D eigenvalue weighted by Crippen LogP contribution is -3.14. The summed E-state index contributed by atoms with van der Waals surface area (Å²) in [5.74, 6) is 0.0508. The highest BCUT2D eigenvalue weighted by molar-refractivity contribution is 7.21. The maximum absolute atomic E-state index is 12.8. The number of fused-ring (bicyclic) bond motifs is 3. The molecule has 0 bridgehead atoms. The van der Waals surface area contributed by atoms with Crippen LogP contribution >= 0.6 is 11.3 Å². The molecule has 0 radical (unpaired) electrons. The van der Waals surface area contributed by atoms with Gasteiger partial charge in [-0.2, -0.15) is 0 Å². The van der Waals surface area contributed by atoms with Gasteiger partial charge >= 0.3 is 0 Å². The number of thiophene rings is 1. The van der Waals surface area contributed by atoms with E-state index in [1.54, 1.807) is 6.07 Å². The summed E-state index contributed by atoms with van der Waals surface area (Å²) >= 11 is 1.43. The SMILES string of the molecule is CC[NH+]1CCN(C(=O)c2cc3c(=O)[nH]c4ccccc4c3s2)CC1. The van der Waals surface area contributed by atoms with Gasteiger partial charge in [0, 0.05) is 15.6 Å². The number of carbonyl (C=O) groups excluding carboxylic acids is 1. The van der Waals surface area contributed by atoms with Crippen molar-refractivity contribution in [2.24, 2.45) is 0 Å². The minimum Gasteiger partial charge on any atom is -0.332 e. The first-order chi connectivity index (χ1) is 11.7. The molecule has 5 nitrogen and oxygen atoms in total. The van der Waals surface area contributed by atoms with Crippen molar-refractivity contribution in [3.05, 3.63) is 45.6 Å². The maximum Gasteiger partial charge on any atom is 0.264 e. The Morgan fingerprint density at radius 1 is 1.25 bits per heavy atom. The number of likely N-dealkylation sites (N-methyl/N-ethyl adjacent to an activating group) is 1. The van der Waals surface area contributed by atoms with Crippen LogP contribution in [0, 0.1) is 0 Å². The molecule has 0 spiro atoms. The van der Waals surface area contributed by atoms with E-state index in [1.807, 2.05) is 29.2 Å². The van der Waals surface area contributed by atoms with Crippen LogP contribution in [0.5, 0.6) is 0 Å². The molecule has 1 aliphatic rings. The third-order valence-corrected chi connectivity index (χ3v) is 6.02. The van der Waals surface area contributed by atoms with Gasteiger partial charge in [0.15, 0.2) is 0 Å². The second-order valence-electron chi connectivity index (χ2n) is 6.25. The lowest BCUT2D eigenvalue weighted by molar-refractivity contribution is -0.902. The van der Waals surface area contributed by atoms with Crippen LogP contribution < -0.4 is 10.5 Å². The zero-order chi connectivity index (χ0) is 16.7. The number of amides is 1. The summed E-state index contributed by atoms with van der Waals surface area (Å²) in [7, 11) is 0. The highest BCUT2D eigenvalue weighted by Crippen LogP contribution is 2.30. The molecule has 1 amide bonds. The number of aromatic nitrogens is 1. The van der Waals surface area contributed by atoms with E-state index in [0.717, 1.165) is 48.3 Å². The van der Waals surface area contributed by atoms with E-state index in [4.69, 9.17) is 0 Å². The minimum absolute atomic E-state index is 0.0508. The van der Waals surface area contributed by atoms with Crippen LogP contribution in [0.15, 0.2) is 35.1 Å². The standard InChI is InChI=1S/C18H19N3O2S/c1-2-20-7-9-21(10-8-20)18(23)15-11-13-16(24-15)12-5-3-4-6-14(12)19-17(13)22/h3-6,11H,2,7-10H2,1H3,(H,19,22)/p+1. The van der Waals surface area contributed by atoms with Gasteiger partial charge in [0.1, 0.15) is 0 Å². The highest BCUT2D eigenvalue weighted by atomic mass is 32.1. The third kappa shape index (κ3) is 2.52. The van der Waals surface area contributed by atoms with Crippen LogP contribution in [0.25, 0.3) is 21.0 Å². The Morgan fingerprint density at radius 3 is 2.75 bits per heavy atom. The Morgan fingerprint density at radius 2 is 2.00 bits per heavy atom. The molecule has 1 aromatic carbocycles. The Kier molecular flexibility index (Phi) is 3.86. The number of hydrogen-bond donors (Lipinski definition) is 2. The molecule has 2 aromatic heterocycles. The summed E-state index contributed by atoms with van der Waals surface area (Å²) in [6.07, 6.45) is 0. The van der Waals surface area contributed by atoms with Gasteiger partial charge in [0.05, 0.1) is 43.0 Å². The van der Waals surface area contributed by atoms with Crippen molar-refractivity contribution in [1.82, 2.24) is 9.88 Å². The summed E-state index contributed by atoms with van der Waals surface area (Å²) in [6.45, 7) is 6.84. The molecule has 1 aliphatic heterocycles. The first-order valence-electron chi connectivity index (χ1n) is 8.35. The van der Waals surface area contributed by atoms with Gasteiger partial charge in [0.2, 0.25) is 0 Å². The Labute approximate surface area is 143 Å². The second kappa shape index (κ2) is 6.03. The van der Waals surface area contributed by atoms with E-state index in [1.165, 1.54) is 16.2 Å². The fraction of sp³-hybridized carbons (Fsp3) is 0.333. The predicted octanol–water partition coefficient (Wildman–Crippen LogP) is 1.10. The molecule has 3 heterocycles. The maximum atomic E-state index is 12.8. The molecule has 4 rings (SSSR count). The average Bonchev–Trinajstić information content (AvgIpc) is 3.07. The van der Waals surface area contributed by atoms with Gasteiger partial charge in [0.25, 0.3) is 11.5 Å². The topological polar surface area (TPSA) is 57.6 Å². The van der Waals surface area contributed by atoms with Crippen molar-refractivity contribution < 1.29 is 9.69 Å². The van der Waals surface area contributed by atoms with Gasteiger partial charge in [-0.1, -0.05) is 18.2 Å². The van der Waals surface area contributed by atoms with E-state index >= 15 is 0 Å². The number of quaternary nitrogens is 1. The minimum atomic E-state index is -0.126. The monoisotopic (exact) mass is 342 g/mol. The molecule has 0 saturated carbocycles. The summed E-state index contributed by atoms with van der Waals surface area (Å²) in [4.78, 5) is 32.2. The Hall–Kier alpha value is -2.18. The average molecular weight is 342 g/mol. The molecule has 3 aromatic rings. The predicted molar refractivity (Wildman–Crippen MR) is 97.1 cm³/mol. The molecule has 6 heteroatoms. The van der Waals surface area contributed by atoms with Crippen LogP contribution in [-0.2, 0) is 0 Å². The number of piperazine rings is 1. The van der Waals surface area contributed by atoms with Crippen molar-refractivity contribution in [2.75, 3.05) is 32.7 Å². The number of nitrogens with zero attached hydrogens (tertiary/aromatic N) is 1. The molecule has 1 saturated heterocycles. The molecule has 0 atom stereocenters. The first kappa shape index (κ1) is 15.4. The van der Waals surface area contributed by atoms with Crippen molar-refractivity contribution in [2.45, 2.75) is 6.92 Å². The molecule has 2 N–H and O–H groups in total. The Bertz CT molecular complexity index is 967. The number of nitrogens with one attached hydrogen (secondary N) is 2. The summed E-state index contributed by atoms with van der Waals surface area (Å²) in [5, 5.41) is 1.61. The molecule has 124 valence electrons. The molecule has 24 heavy (non-hydrogen) atoms. The van der Waals surface area contributed by atoms with Crippen molar-refractivity contribution >= 4 is 38.2 Å². The summed E-state index contributed by atoms with van der Waals surface area (Å²) in [6, 6.07) is 9.49. The molecular weight excluding hydrogens is 322 g/mol. The molecular formula is C18H20N3O2S+. The van der Waals surface area contributed by atoms with Gasteiger partial charge in [-0.3, -0.25) is 9.59 Å². The van der Waals surface area contributed by atoms with Crippen molar-refractivity contribution in [3.63, 3.8) is 0 Å². The van der Waals surface area contributed by atoms with Gasteiger partial charge in [-0.15, -0.1) is 11.3 Å². The van der Waals surface area contributed by atoms with Crippen LogP contribution in [-0.4, -0.2) is 48.5 Å². The number of benzene rings is 1. The second-order valence-corrected chi connectivity index (χ2v) is 7.30. The lowest BCUT2D eigenvalue weighted by Gasteiger charge is -2.31. The van der Waals surface area contributed by atoms with Gasteiger partial charge < -0.3 is 14.8 Å². The fourth-order valence-electron chi connectivity index (χ4n) is 3.38. The van der Waals surface area contributed by atoms with Gasteiger partial charge in [-0.05, 0) is 19.1 Å². The number of carbonyl (C=O) groups is 1. The van der Waals surface area contributed by atoms with Gasteiger partial charge in [-0.25, -0.2) is 0 Å². The van der Waals surface area contributed by atoms with E-state index in [0.29, 0.717) is 10.3 Å². The number of para-hydroxylation sites is 1. The third-order valence-electron chi connectivity index (χ3n) is 4.87. The number of pyridine rings is 1. The Balaban J connectivity index is 1.73. The molecule has 0 aliphatic carbocycles. The fourth-order valence-corrected chi connectivity index (χ4v) is 4.54. The quantitative estimate of drug-likeness (QED) is 0.733. The zero-order valence-corrected chi connectivity index (χ0v) is 14.4. The molecule has 1 fully saturated rings. The van der Waals surface area contributed by atoms with E-state index in [-0.39, 0.29) is 11.5 Å². The number of H-pyrrole nitrogens is 1.